The van der Waals surface area contributed by atoms with Crippen LogP contribution in [0.2, 0.25) is 0 Å². The number of nitrogens with zero attached hydrogens (tertiary/aromatic N) is 4. The molecule has 204 valence electrons. The van der Waals surface area contributed by atoms with E-state index in [-0.39, 0.29) is 40.5 Å². The molecule has 0 radical (unpaired) electrons. The zero-order chi connectivity index (χ0) is 28.2. The quantitative estimate of drug-likeness (QED) is 0.405. The first-order chi connectivity index (χ1) is 17.6. The summed E-state index contributed by atoms with van der Waals surface area (Å²) in [5, 5.41) is 15.6. The van der Waals surface area contributed by atoms with Gasteiger partial charge < -0.3 is 25.8 Å². The van der Waals surface area contributed by atoms with Crippen LogP contribution in [0.15, 0.2) is 24.4 Å². The van der Waals surface area contributed by atoms with Crippen LogP contribution in [-0.4, -0.2) is 67.6 Å². The molecule has 0 saturated heterocycles. The second-order valence-corrected chi connectivity index (χ2v) is 8.61. The molecule has 1 aliphatic heterocycles. The fraction of sp³-hybridized carbons (Fsp3) is 0.364. The fourth-order valence-electron chi connectivity index (χ4n) is 3.95. The van der Waals surface area contributed by atoms with Gasteiger partial charge in [-0.25, -0.2) is 9.50 Å². The average Bonchev–Trinajstić information content (AvgIpc) is 3.32. The Bertz CT molecular complexity index is 1420. The first kappa shape index (κ1) is 27.0. The smallest absolute Gasteiger partial charge is 0.405 e. The van der Waals surface area contributed by atoms with Crippen molar-refractivity contribution in [3.05, 3.63) is 41.1 Å². The van der Waals surface area contributed by atoms with E-state index in [0.29, 0.717) is 4.90 Å². The van der Waals surface area contributed by atoms with Crippen LogP contribution in [0.25, 0.3) is 16.9 Å². The lowest BCUT2D eigenvalue weighted by Gasteiger charge is -2.26. The summed E-state index contributed by atoms with van der Waals surface area (Å²) in [5.41, 5.74) is 4.78. The Morgan fingerprint density at radius 1 is 1.24 bits per heavy atom. The van der Waals surface area contributed by atoms with Gasteiger partial charge in [-0.2, -0.15) is 13.2 Å². The summed E-state index contributed by atoms with van der Waals surface area (Å²) in [5.74, 6) is -3.19. The van der Waals surface area contributed by atoms with Gasteiger partial charge in [0, 0.05) is 24.3 Å². The molecule has 3 aromatic rings. The topological polar surface area (TPSA) is 135 Å². The zero-order valence-electron chi connectivity index (χ0n) is 19.7. The molecule has 4 N–H and O–H groups in total. The molecule has 0 aliphatic carbocycles. The normalized spacial score (nSPS) is 15.5. The van der Waals surface area contributed by atoms with Crippen LogP contribution in [0.5, 0.6) is 5.75 Å². The lowest BCUT2D eigenvalue weighted by atomic mass is 10.0. The molecule has 2 aromatic heterocycles. The molecule has 1 aromatic carbocycles. The molecule has 1 aliphatic rings. The molecule has 3 heterocycles. The van der Waals surface area contributed by atoms with Crippen molar-refractivity contribution < 1.29 is 45.8 Å². The highest BCUT2D eigenvalue weighted by Gasteiger charge is 2.47. The molecular weight excluding hydrogens is 526 g/mol. The Labute approximate surface area is 210 Å². The summed E-state index contributed by atoms with van der Waals surface area (Å²) in [6.07, 6.45) is -8.74. The number of anilines is 1. The van der Waals surface area contributed by atoms with Crippen LogP contribution in [0.4, 0.5) is 32.2 Å². The van der Waals surface area contributed by atoms with E-state index in [0.717, 1.165) is 17.5 Å². The third kappa shape index (κ3) is 5.03. The lowest BCUT2D eigenvalue weighted by molar-refractivity contribution is -0.274. The first-order valence-corrected chi connectivity index (χ1v) is 11.0. The molecule has 0 saturated carbocycles. The fourth-order valence-corrected chi connectivity index (χ4v) is 3.95. The van der Waals surface area contributed by atoms with E-state index in [4.69, 9.17) is 5.73 Å². The molecule has 2 amide bonds. The molecule has 0 unspecified atom stereocenters. The Kier molecular flexibility index (Phi) is 6.63. The maximum atomic E-state index is 13.3. The van der Waals surface area contributed by atoms with Crippen LogP contribution < -0.4 is 15.8 Å². The summed E-state index contributed by atoms with van der Waals surface area (Å²) in [7, 11) is 0. The summed E-state index contributed by atoms with van der Waals surface area (Å²) >= 11 is 0. The van der Waals surface area contributed by atoms with Crippen LogP contribution in [0, 0.1) is 0 Å². The number of amides is 2. The van der Waals surface area contributed by atoms with E-state index in [1.165, 1.54) is 25.3 Å². The number of aliphatic hydroxyl groups is 1. The van der Waals surface area contributed by atoms with Crippen molar-refractivity contribution >= 4 is 23.3 Å². The van der Waals surface area contributed by atoms with E-state index >= 15 is 0 Å². The van der Waals surface area contributed by atoms with E-state index in [2.05, 4.69) is 20.1 Å². The molecule has 4 rings (SSSR count). The number of hydrogen-bond donors (Lipinski definition) is 3. The van der Waals surface area contributed by atoms with Gasteiger partial charge in [0.15, 0.2) is 11.5 Å². The number of nitrogens with one attached hydrogen (secondary N) is 1. The lowest BCUT2D eigenvalue weighted by Crippen LogP contribution is -2.43. The number of ether oxygens (including phenoxy) is 1. The van der Waals surface area contributed by atoms with E-state index in [9.17, 15) is 41.0 Å². The summed E-state index contributed by atoms with van der Waals surface area (Å²) in [6.45, 7) is 1.25. The second kappa shape index (κ2) is 9.34. The Balaban J connectivity index is 1.83. The van der Waals surface area contributed by atoms with Crippen LogP contribution >= 0.6 is 0 Å². The minimum atomic E-state index is -5.25. The number of rotatable bonds is 6. The molecular formula is C22H20F6N6O4. The molecule has 0 bridgehead atoms. The van der Waals surface area contributed by atoms with Gasteiger partial charge in [0.1, 0.15) is 17.4 Å². The number of carbonyl (C=O) groups excluding carboxylic acids is 2. The maximum Gasteiger partial charge on any atom is 0.573 e. The zero-order valence-corrected chi connectivity index (χ0v) is 19.7. The van der Waals surface area contributed by atoms with E-state index < -0.39 is 54.3 Å². The molecule has 16 heteroatoms. The third-order valence-corrected chi connectivity index (χ3v) is 5.85. The number of carbonyl (C=O) groups is 2. The molecule has 0 spiro atoms. The average molecular weight is 546 g/mol. The number of aromatic nitrogens is 3. The Morgan fingerprint density at radius 3 is 2.53 bits per heavy atom. The molecule has 2 atom stereocenters. The second-order valence-electron chi connectivity index (χ2n) is 8.61. The highest BCUT2D eigenvalue weighted by atomic mass is 19.4. The number of nitrogen functional groups attached to an aromatic ring is 1. The number of hydrogen-bond acceptors (Lipinski definition) is 7. The van der Waals surface area contributed by atoms with Crippen LogP contribution in [0.1, 0.15) is 40.1 Å². The number of benzene rings is 1. The predicted octanol–water partition coefficient (Wildman–Crippen LogP) is 2.89. The van der Waals surface area contributed by atoms with Crippen molar-refractivity contribution in [2.45, 2.75) is 45.0 Å². The molecule has 38 heavy (non-hydrogen) atoms. The first-order valence-electron chi connectivity index (χ1n) is 11.0. The van der Waals surface area contributed by atoms with Gasteiger partial charge in [0.25, 0.3) is 11.8 Å². The van der Waals surface area contributed by atoms with Gasteiger partial charge in [0.2, 0.25) is 0 Å². The Morgan fingerprint density at radius 2 is 1.92 bits per heavy atom. The van der Waals surface area contributed by atoms with Crippen molar-refractivity contribution in [2.24, 2.45) is 0 Å². The van der Waals surface area contributed by atoms with Crippen LogP contribution in [-0.2, 0) is 6.54 Å². The van der Waals surface area contributed by atoms with Crippen LogP contribution in [0.3, 0.4) is 0 Å². The van der Waals surface area contributed by atoms with Crippen molar-refractivity contribution in [3.8, 4) is 17.0 Å². The number of aliphatic hydroxyl groups excluding tert-OH is 1. The van der Waals surface area contributed by atoms with Gasteiger partial charge in [-0.1, -0.05) is 0 Å². The molecule has 10 nitrogen and oxygen atoms in total. The number of fused-ring (bicyclic) bond motifs is 2. The van der Waals surface area contributed by atoms with E-state index in [1.54, 1.807) is 0 Å². The largest absolute Gasteiger partial charge is 0.573 e. The van der Waals surface area contributed by atoms with Crippen molar-refractivity contribution in [1.82, 2.24) is 24.8 Å². The third-order valence-electron chi connectivity index (χ3n) is 5.85. The van der Waals surface area contributed by atoms with Crippen molar-refractivity contribution in [1.29, 1.82) is 0 Å². The number of alkyl halides is 6. The SMILES string of the molecule is C[C@H](CO)NC(=O)c1c(N)nn2ccc(-c3cc4c(c(OC(F)(F)F)c3)C(=O)N([C@@H](C)C(F)(F)F)C4)nc12. The van der Waals surface area contributed by atoms with Crippen molar-refractivity contribution in [3.63, 3.8) is 0 Å². The summed E-state index contributed by atoms with van der Waals surface area (Å²) in [6, 6.07) is 0.474. The minimum Gasteiger partial charge on any atom is -0.405 e. The van der Waals surface area contributed by atoms with Crippen molar-refractivity contribution in [2.75, 3.05) is 12.3 Å². The van der Waals surface area contributed by atoms with Gasteiger partial charge in [0.05, 0.1) is 17.9 Å². The molecule has 0 fully saturated rings. The van der Waals surface area contributed by atoms with Gasteiger partial charge in [-0.05, 0) is 37.6 Å². The highest BCUT2D eigenvalue weighted by molar-refractivity contribution is 6.04. The predicted molar refractivity (Wildman–Crippen MR) is 119 cm³/mol. The van der Waals surface area contributed by atoms with Gasteiger partial charge >= 0.3 is 12.5 Å². The van der Waals surface area contributed by atoms with Gasteiger partial charge in [-0.15, -0.1) is 18.3 Å². The number of nitrogens with two attached hydrogens (primary N) is 1. The van der Waals surface area contributed by atoms with E-state index in [1.807, 2.05) is 0 Å². The summed E-state index contributed by atoms with van der Waals surface area (Å²) in [4.78, 5) is 30.1. The van der Waals surface area contributed by atoms with Gasteiger partial charge in [-0.3, -0.25) is 9.59 Å². The number of halogens is 6. The minimum absolute atomic E-state index is 0.00810. The monoisotopic (exact) mass is 546 g/mol. The highest BCUT2D eigenvalue weighted by Crippen LogP contribution is 2.40. The Hall–Kier alpha value is -4.08. The maximum absolute atomic E-state index is 13.3. The summed E-state index contributed by atoms with van der Waals surface area (Å²) < 4.78 is 84.5. The standard InChI is InChI=1S/C22H20F6N6O4/c1-9(8-35)30-19(36)16-17(29)32-34-4-3-13(31-18(16)34)11-5-12-7-33(10(2)21(23,24)25)20(37)15(12)14(6-11)38-22(26,27)28/h3-6,9-10,35H,7-8H2,1-2H3,(H2,29,32)(H,30,36)/t9-,10+/m1/s1.